The molecule has 10 rings (SSSR count). The standard InChI is InChI=1S/C30H27F2N9O2.C24H24F2N6O3.C7H6N2/c1-17-7-9-19(28(42)37-24-10-8-18(14-33)15-35-24)13-20(17)25-21-16-36-30(43)41(26-22(31)5-4-6-23(26)32)27(21)39-29(38-25)34-11-12-40(2)3;1-13-7-8-14(22(33)34)11-15(13)19-16-12-28-24(35)32(20-17(25)5-4-6-18(20)26)21(16)30-23(29-19)27-9-10-31(2)3;8-5-6-1-3-7(9)4-2-6/h4-10,13,15H,11-12,16H2,1-3H3,(H,36,43)(H,34,38,39)(H,35,37,42);4-8,11H,9-10,12H2,1-3H3,(H,28,35)(H,33,34)(H,27,29,30);1-4H,9H2. The van der Waals surface area contributed by atoms with Gasteiger partial charge in [0, 0.05) is 65.9 Å². The summed E-state index contributed by atoms with van der Waals surface area (Å²) in [7, 11) is 7.60. The van der Waals surface area contributed by atoms with Crippen LogP contribution in [0.5, 0.6) is 0 Å². The van der Waals surface area contributed by atoms with Gasteiger partial charge in [0.05, 0.1) is 47.2 Å². The number of urea groups is 2. The van der Waals surface area contributed by atoms with Gasteiger partial charge >= 0.3 is 18.0 Å². The van der Waals surface area contributed by atoms with Crippen molar-refractivity contribution in [2.45, 2.75) is 26.9 Å². The molecule has 2 aliphatic heterocycles. The number of carbonyl (C=O) groups is 4. The maximum Gasteiger partial charge on any atom is 0.335 e. The quantitative estimate of drug-likeness (QED) is 0.0371. The summed E-state index contributed by atoms with van der Waals surface area (Å²) >= 11 is 0. The average Bonchev–Trinajstić information content (AvgIpc) is 0.852. The van der Waals surface area contributed by atoms with E-state index in [4.69, 9.17) is 21.2 Å². The van der Waals surface area contributed by atoms with Crippen molar-refractivity contribution < 1.29 is 41.8 Å². The molecule has 3 aromatic heterocycles. The van der Waals surface area contributed by atoms with E-state index in [-0.39, 0.29) is 53.6 Å². The third kappa shape index (κ3) is 14.6. The monoisotopic (exact) mass is 1180 g/mol. The average molecular weight is 1180 g/mol. The summed E-state index contributed by atoms with van der Waals surface area (Å²) in [4.78, 5) is 78.7. The van der Waals surface area contributed by atoms with Crippen LogP contribution in [0.4, 0.5) is 73.6 Å². The second kappa shape index (κ2) is 27.5. The number of rotatable bonds is 15. The lowest BCUT2D eigenvalue weighted by molar-refractivity contribution is 0.0696. The van der Waals surface area contributed by atoms with E-state index in [1.165, 1.54) is 36.5 Å². The fourth-order valence-electron chi connectivity index (χ4n) is 8.83. The summed E-state index contributed by atoms with van der Waals surface area (Å²) in [6.07, 6.45) is 1.35. The number of nitriles is 2. The highest BCUT2D eigenvalue weighted by molar-refractivity contribution is 6.06. The first-order chi connectivity index (χ1) is 41.6. The number of pyridine rings is 1. The molecule has 0 aliphatic carbocycles. The van der Waals surface area contributed by atoms with Crippen molar-refractivity contribution in [1.82, 2.24) is 45.4 Å². The number of para-hydroxylation sites is 2. The Hall–Kier alpha value is -11.1. The molecule has 5 amide bonds. The van der Waals surface area contributed by atoms with Gasteiger partial charge in [-0.25, -0.2) is 56.7 Å². The van der Waals surface area contributed by atoms with E-state index < -0.39 is 58.6 Å². The highest BCUT2D eigenvalue weighted by Gasteiger charge is 2.36. The number of carbonyl (C=O) groups excluding carboxylic acids is 3. The number of nitrogens with one attached hydrogen (secondary N) is 5. The Morgan fingerprint density at radius 1 is 0.632 bits per heavy atom. The highest BCUT2D eigenvalue weighted by Crippen LogP contribution is 2.41. The molecule has 0 radical (unpaired) electrons. The van der Waals surface area contributed by atoms with Crippen LogP contribution >= 0.6 is 0 Å². The van der Waals surface area contributed by atoms with E-state index in [1.807, 2.05) is 57.1 Å². The van der Waals surface area contributed by atoms with Crippen LogP contribution in [0.2, 0.25) is 0 Å². The van der Waals surface area contributed by atoms with Crippen molar-refractivity contribution in [2.75, 3.05) is 85.9 Å². The van der Waals surface area contributed by atoms with Gasteiger partial charge in [0.15, 0.2) is 11.6 Å². The number of aryl methyl sites for hydroxylation is 2. The molecule has 444 valence electrons. The normalized spacial score (nSPS) is 12.2. The summed E-state index contributed by atoms with van der Waals surface area (Å²) in [5.74, 6) is -4.72. The minimum atomic E-state index is -1.11. The molecular weight excluding hydrogens is 1130 g/mol. The third-order valence-corrected chi connectivity index (χ3v) is 13.3. The van der Waals surface area contributed by atoms with Crippen LogP contribution in [0, 0.1) is 59.8 Å². The Morgan fingerprint density at radius 3 is 1.48 bits per heavy atom. The van der Waals surface area contributed by atoms with Crippen molar-refractivity contribution in [3.8, 4) is 34.7 Å². The highest BCUT2D eigenvalue weighted by atomic mass is 19.1. The second-order valence-corrected chi connectivity index (χ2v) is 20.1. The lowest BCUT2D eigenvalue weighted by Gasteiger charge is -2.31. The second-order valence-electron chi connectivity index (χ2n) is 20.1. The largest absolute Gasteiger partial charge is 0.478 e. The molecule has 0 bridgehead atoms. The van der Waals surface area contributed by atoms with Crippen molar-refractivity contribution >= 4 is 70.4 Å². The van der Waals surface area contributed by atoms with Crippen LogP contribution in [0.3, 0.4) is 0 Å². The molecule has 8 N–H and O–H groups in total. The summed E-state index contributed by atoms with van der Waals surface area (Å²) in [6.45, 7) is 5.80. The molecule has 87 heavy (non-hydrogen) atoms. The van der Waals surface area contributed by atoms with Gasteiger partial charge in [0.2, 0.25) is 11.9 Å². The first-order valence-electron chi connectivity index (χ1n) is 26.7. The molecule has 5 heterocycles. The number of nitrogens with two attached hydrogens (primary N) is 1. The first kappa shape index (κ1) is 62.0. The van der Waals surface area contributed by atoms with E-state index in [1.54, 1.807) is 61.5 Å². The zero-order valence-electron chi connectivity index (χ0n) is 47.8. The number of aromatic nitrogens is 5. The van der Waals surface area contributed by atoms with Gasteiger partial charge in [-0.15, -0.1) is 0 Å². The van der Waals surface area contributed by atoms with Gasteiger partial charge < -0.3 is 47.2 Å². The Kier molecular flexibility index (Phi) is 19.6. The van der Waals surface area contributed by atoms with Gasteiger partial charge in [-0.2, -0.15) is 20.5 Å². The summed E-state index contributed by atoms with van der Waals surface area (Å²) in [6, 6.07) is 28.6. The molecule has 0 atom stereocenters. The van der Waals surface area contributed by atoms with E-state index >= 15 is 0 Å². The molecule has 26 heteroatoms. The lowest BCUT2D eigenvalue weighted by atomic mass is 9.97. The fourth-order valence-corrected chi connectivity index (χ4v) is 8.83. The number of anilines is 8. The van der Waals surface area contributed by atoms with E-state index in [0.717, 1.165) is 45.2 Å². The topological polar surface area (TPSA) is 300 Å². The van der Waals surface area contributed by atoms with Gasteiger partial charge in [0.1, 0.15) is 46.5 Å². The minimum absolute atomic E-state index is 0.00914. The summed E-state index contributed by atoms with van der Waals surface area (Å²) in [5, 5.41) is 41.0. The van der Waals surface area contributed by atoms with Crippen molar-refractivity contribution in [2.24, 2.45) is 0 Å². The number of fused-ring (bicyclic) bond motifs is 2. The number of carboxylic acid groups (broad SMARTS) is 1. The van der Waals surface area contributed by atoms with Gasteiger partial charge in [0.25, 0.3) is 5.91 Å². The number of nitrogens with zero attached hydrogens (tertiary/aromatic N) is 11. The molecule has 0 fully saturated rings. The van der Waals surface area contributed by atoms with Crippen LogP contribution in [-0.2, 0) is 13.1 Å². The molecular formula is C61H57F4N17O5. The number of hydrogen-bond acceptors (Lipinski definition) is 16. The molecule has 0 saturated carbocycles. The SMILES string of the molecule is Cc1ccc(C(=O)Nc2ccc(C#N)cn2)cc1-c1nc(NCCN(C)C)nc2c1CNC(=O)N2c1c(F)cccc1F.Cc1ccc(C(=O)O)cc1-c1nc(NCCN(C)C)nc2c1CNC(=O)N2c1c(F)cccc1F.N#Cc1ccc(N)cc1. The summed E-state index contributed by atoms with van der Waals surface area (Å²) < 4.78 is 59.4. The van der Waals surface area contributed by atoms with Gasteiger partial charge in [-0.1, -0.05) is 24.3 Å². The van der Waals surface area contributed by atoms with Crippen molar-refractivity contribution in [3.63, 3.8) is 0 Å². The third-order valence-electron chi connectivity index (χ3n) is 13.3. The van der Waals surface area contributed by atoms with Crippen molar-refractivity contribution in [3.05, 3.63) is 183 Å². The van der Waals surface area contributed by atoms with Gasteiger partial charge in [-0.3, -0.25) is 4.79 Å². The number of nitrogen functional groups attached to an aromatic ring is 1. The Labute approximate surface area is 497 Å². The minimum Gasteiger partial charge on any atom is -0.478 e. The lowest BCUT2D eigenvalue weighted by Crippen LogP contribution is -2.43. The van der Waals surface area contributed by atoms with Crippen LogP contribution in [-0.4, -0.2) is 118 Å². The molecule has 8 aromatic rings. The van der Waals surface area contributed by atoms with E-state index in [9.17, 15) is 41.8 Å². The van der Waals surface area contributed by atoms with Crippen molar-refractivity contribution in [1.29, 1.82) is 10.5 Å². The number of carboxylic acids is 1. The van der Waals surface area contributed by atoms with E-state index in [0.29, 0.717) is 76.6 Å². The Bertz CT molecular complexity index is 3970. The molecule has 2 aliphatic rings. The van der Waals surface area contributed by atoms with Gasteiger partial charge in [-0.05, 0) is 138 Å². The number of halogens is 4. The number of likely N-dealkylation sites (N-methyl/N-ethyl adjacent to an activating group) is 2. The number of hydrogen-bond donors (Lipinski definition) is 7. The zero-order valence-corrected chi connectivity index (χ0v) is 47.8. The van der Waals surface area contributed by atoms with Crippen LogP contribution in [0.25, 0.3) is 22.5 Å². The molecule has 5 aromatic carbocycles. The predicted octanol–water partition coefficient (Wildman–Crippen LogP) is 9.49. The van der Waals surface area contributed by atoms with Crippen LogP contribution in [0.1, 0.15) is 54.1 Å². The zero-order chi connectivity index (χ0) is 62.6. The number of benzene rings is 5. The Morgan fingerprint density at radius 2 is 1.07 bits per heavy atom. The van der Waals surface area contributed by atoms with Crippen LogP contribution in [0.15, 0.2) is 115 Å². The first-order valence-corrected chi connectivity index (χ1v) is 26.7. The fraction of sp³-hybridized carbons (Fsp3) is 0.197. The predicted molar refractivity (Wildman–Crippen MR) is 319 cm³/mol. The molecule has 0 unspecified atom stereocenters. The Balaban J connectivity index is 0.000000200. The van der Waals surface area contributed by atoms with Crippen LogP contribution < -0.4 is 42.1 Å². The maximum absolute atomic E-state index is 15.0. The smallest absolute Gasteiger partial charge is 0.335 e. The number of amides is 5. The molecule has 0 saturated heterocycles. The number of aromatic carboxylic acids is 1. The maximum atomic E-state index is 15.0. The summed E-state index contributed by atoms with van der Waals surface area (Å²) in [5.41, 5.74) is 10.4. The van der Waals surface area contributed by atoms with E-state index in [2.05, 4.69) is 46.5 Å². The molecule has 22 nitrogen and oxygen atoms in total. The molecule has 0 spiro atoms.